The summed E-state index contributed by atoms with van der Waals surface area (Å²) in [4.78, 5) is 16.7. The Bertz CT molecular complexity index is 1390. The first-order valence-corrected chi connectivity index (χ1v) is 12.2. The highest BCUT2D eigenvalue weighted by molar-refractivity contribution is 7.92. The topological polar surface area (TPSA) is 97.4 Å². The molecule has 0 aliphatic heterocycles. The molecule has 0 aliphatic carbocycles. The minimum Gasteiger partial charge on any atom is -0.473 e. The van der Waals surface area contributed by atoms with Crippen LogP contribution in [0.15, 0.2) is 102 Å². The fourth-order valence-electron chi connectivity index (χ4n) is 3.17. The van der Waals surface area contributed by atoms with Crippen molar-refractivity contribution >= 4 is 21.6 Å². The van der Waals surface area contributed by atoms with Gasteiger partial charge in [-0.25, -0.2) is 17.8 Å². The maximum absolute atomic E-state index is 13.0. The Balaban J connectivity index is 1.32. The smallest absolute Gasteiger partial charge is 0.261 e. The van der Waals surface area contributed by atoms with E-state index in [9.17, 15) is 17.6 Å². The van der Waals surface area contributed by atoms with Crippen LogP contribution in [0.5, 0.6) is 5.88 Å². The monoisotopic (exact) mass is 491 g/mol. The molecule has 2 N–H and O–H groups in total. The van der Waals surface area contributed by atoms with E-state index in [2.05, 4.69) is 15.0 Å². The molecule has 0 atom stereocenters. The molecule has 35 heavy (non-hydrogen) atoms. The summed E-state index contributed by atoms with van der Waals surface area (Å²) in [6.07, 6.45) is 1.61. The van der Waals surface area contributed by atoms with Crippen molar-refractivity contribution in [1.29, 1.82) is 0 Å². The van der Waals surface area contributed by atoms with Crippen LogP contribution in [0.1, 0.15) is 21.5 Å². The van der Waals surface area contributed by atoms with Gasteiger partial charge in [0.15, 0.2) is 0 Å². The van der Waals surface area contributed by atoms with Gasteiger partial charge in [-0.1, -0.05) is 30.3 Å². The summed E-state index contributed by atoms with van der Waals surface area (Å²) < 4.78 is 46.0. The third kappa shape index (κ3) is 6.64. The maximum Gasteiger partial charge on any atom is 0.261 e. The second-order valence-corrected chi connectivity index (χ2v) is 9.28. The third-order valence-corrected chi connectivity index (χ3v) is 6.40. The number of ether oxygens (including phenoxy) is 1. The second-order valence-electron chi connectivity index (χ2n) is 7.60. The Hall–Kier alpha value is -4.24. The number of aromatic nitrogens is 1. The Morgan fingerprint density at radius 3 is 2.31 bits per heavy atom. The molecule has 3 aromatic carbocycles. The molecule has 0 radical (unpaired) electrons. The molecule has 0 aliphatic rings. The summed E-state index contributed by atoms with van der Waals surface area (Å²) in [6, 6.07) is 23.8. The van der Waals surface area contributed by atoms with E-state index < -0.39 is 15.8 Å². The van der Waals surface area contributed by atoms with E-state index in [1.807, 2.05) is 30.3 Å². The molecule has 178 valence electrons. The predicted molar refractivity (Wildman–Crippen MR) is 130 cm³/mol. The Morgan fingerprint density at radius 2 is 1.60 bits per heavy atom. The minimum atomic E-state index is -3.87. The lowest BCUT2D eigenvalue weighted by atomic mass is 10.2. The molecule has 9 heteroatoms. The molecular formula is C26H22FN3O4S. The van der Waals surface area contributed by atoms with Gasteiger partial charge < -0.3 is 10.1 Å². The largest absolute Gasteiger partial charge is 0.473 e. The molecule has 1 amide bonds. The maximum atomic E-state index is 13.0. The van der Waals surface area contributed by atoms with E-state index in [0.29, 0.717) is 18.1 Å². The summed E-state index contributed by atoms with van der Waals surface area (Å²) in [5, 5.41) is 2.82. The number of anilines is 1. The lowest BCUT2D eigenvalue weighted by molar-refractivity contribution is 0.0951. The van der Waals surface area contributed by atoms with E-state index in [1.54, 1.807) is 18.3 Å². The molecular weight excluding hydrogens is 469 g/mol. The lowest BCUT2D eigenvalue weighted by Crippen LogP contribution is -2.22. The van der Waals surface area contributed by atoms with Crippen molar-refractivity contribution in [3.63, 3.8) is 0 Å². The van der Waals surface area contributed by atoms with Crippen molar-refractivity contribution in [1.82, 2.24) is 10.3 Å². The van der Waals surface area contributed by atoms with Gasteiger partial charge in [-0.3, -0.25) is 9.52 Å². The number of rotatable bonds is 9. The Morgan fingerprint density at radius 1 is 0.886 bits per heavy atom. The standard InChI is InChI=1S/C26H22FN3O4S/c27-22-8-12-24(13-9-22)35(32,33)30-23-10-6-21(7-11-23)26(31)29-17-20-14-15-28-25(16-20)34-18-19-4-2-1-3-5-19/h1-16,30H,17-18H2,(H,29,31). The number of benzene rings is 3. The molecule has 4 rings (SSSR count). The number of nitrogens with one attached hydrogen (secondary N) is 2. The number of carbonyl (C=O) groups is 1. The number of hydrogen-bond donors (Lipinski definition) is 2. The van der Waals surface area contributed by atoms with E-state index in [0.717, 1.165) is 23.3 Å². The highest BCUT2D eigenvalue weighted by atomic mass is 32.2. The average molecular weight is 492 g/mol. The van der Waals surface area contributed by atoms with Crippen LogP contribution in [0, 0.1) is 5.82 Å². The molecule has 4 aromatic rings. The second kappa shape index (κ2) is 10.8. The average Bonchev–Trinajstić information content (AvgIpc) is 2.87. The molecule has 0 saturated heterocycles. The summed E-state index contributed by atoms with van der Waals surface area (Å²) in [6.45, 7) is 0.656. The van der Waals surface area contributed by atoms with Crippen LogP contribution in [-0.4, -0.2) is 19.3 Å². The van der Waals surface area contributed by atoms with Crippen molar-refractivity contribution in [3.05, 3.63) is 120 Å². The van der Waals surface area contributed by atoms with Crippen LogP contribution in [0.25, 0.3) is 0 Å². The van der Waals surface area contributed by atoms with Gasteiger partial charge in [0.05, 0.1) is 4.90 Å². The SMILES string of the molecule is O=C(NCc1ccnc(OCc2ccccc2)c1)c1ccc(NS(=O)(=O)c2ccc(F)cc2)cc1. The highest BCUT2D eigenvalue weighted by Crippen LogP contribution is 2.17. The zero-order valence-corrected chi connectivity index (χ0v) is 19.3. The van der Waals surface area contributed by atoms with Crippen LogP contribution in [0.3, 0.4) is 0 Å². The van der Waals surface area contributed by atoms with Crippen LogP contribution in [0.2, 0.25) is 0 Å². The summed E-state index contributed by atoms with van der Waals surface area (Å²) in [5.74, 6) is -0.387. The Labute approximate surface area is 202 Å². The Kier molecular flexibility index (Phi) is 7.37. The minimum absolute atomic E-state index is 0.0646. The predicted octanol–water partition coefficient (Wildman–Crippen LogP) is 4.53. The molecule has 0 spiro atoms. The van der Waals surface area contributed by atoms with Gasteiger partial charge in [0.25, 0.3) is 15.9 Å². The number of nitrogens with zero attached hydrogens (tertiary/aromatic N) is 1. The number of hydrogen-bond acceptors (Lipinski definition) is 5. The first-order chi connectivity index (χ1) is 16.9. The van der Waals surface area contributed by atoms with Crippen molar-refractivity contribution in [3.8, 4) is 5.88 Å². The molecule has 1 aromatic heterocycles. The lowest BCUT2D eigenvalue weighted by Gasteiger charge is -2.10. The molecule has 7 nitrogen and oxygen atoms in total. The summed E-state index contributed by atoms with van der Waals surface area (Å²) in [5.41, 5.74) is 2.49. The van der Waals surface area contributed by atoms with Crippen molar-refractivity contribution in [2.75, 3.05) is 4.72 Å². The third-order valence-electron chi connectivity index (χ3n) is 5.01. The summed E-state index contributed by atoms with van der Waals surface area (Å²) >= 11 is 0. The van der Waals surface area contributed by atoms with E-state index >= 15 is 0 Å². The van der Waals surface area contributed by atoms with Gasteiger partial charge in [0, 0.05) is 30.1 Å². The fourth-order valence-corrected chi connectivity index (χ4v) is 4.23. The number of halogens is 1. The van der Waals surface area contributed by atoms with Gasteiger partial charge in [-0.05, 0) is 65.7 Å². The first kappa shape index (κ1) is 23.9. The molecule has 1 heterocycles. The van der Waals surface area contributed by atoms with Crippen LogP contribution < -0.4 is 14.8 Å². The number of carbonyl (C=O) groups excluding carboxylic acids is 1. The normalized spacial score (nSPS) is 11.0. The summed E-state index contributed by atoms with van der Waals surface area (Å²) in [7, 11) is -3.87. The molecule has 0 bridgehead atoms. The molecule has 0 saturated carbocycles. The quantitative estimate of drug-likeness (QED) is 0.359. The van der Waals surface area contributed by atoms with E-state index in [-0.39, 0.29) is 23.0 Å². The fraction of sp³-hybridized carbons (Fsp3) is 0.0769. The molecule has 0 fully saturated rings. The highest BCUT2D eigenvalue weighted by Gasteiger charge is 2.14. The zero-order chi connectivity index (χ0) is 24.7. The number of pyridine rings is 1. The first-order valence-electron chi connectivity index (χ1n) is 10.7. The van der Waals surface area contributed by atoms with E-state index in [4.69, 9.17) is 4.74 Å². The van der Waals surface area contributed by atoms with Crippen molar-refractivity contribution in [2.45, 2.75) is 18.0 Å². The zero-order valence-electron chi connectivity index (χ0n) is 18.5. The van der Waals surface area contributed by atoms with Gasteiger partial charge in [0.2, 0.25) is 5.88 Å². The number of sulfonamides is 1. The van der Waals surface area contributed by atoms with Gasteiger partial charge >= 0.3 is 0 Å². The number of amides is 1. The van der Waals surface area contributed by atoms with Gasteiger partial charge in [-0.2, -0.15) is 0 Å². The van der Waals surface area contributed by atoms with Crippen molar-refractivity contribution in [2.24, 2.45) is 0 Å². The van der Waals surface area contributed by atoms with Crippen molar-refractivity contribution < 1.29 is 22.3 Å². The van der Waals surface area contributed by atoms with Crippen LogP contribution in [0.4, 0.5) is 10.1 Å². The van der Waals surface area contributed by atoms with Crippen LogP contribution in [-0.2, 0) is 23.2 Å². The van der Waals surface area contributed by atoms with Gasteiger partial charge in [-0.15, -0.1) is 0 Å². The van der Waals surface area contributed by atoms with Gasteiger partial charge in [0.1, 0.15) is 12.4 Å². The van der Waals surface area contributed by atoms with E-state index in [1.165, 1.54) is 36.4 Å². The van der Waals surface area contributed by atoms with Crippen LogP contribution >= 0.6 is 0 Å². The molecule has 0 unspecified atom stereocenters.